The second kappa shape index (κ2) is 5.61. The molecule has 1 N–H and O–H groups in total. The molecule has 0 saturated heterocycles. The van der Waals surface area contributed by atoms with Gasteiger partial charge in [0.25, 0.3) is 0 Å². The first kappa shape index (κ1) is 16.3. The van der Waals surface area contributed by atoms with E-state index < -0.39 is 17.4 Å². The molecule has 1 heterocycles. The van der Waals surface area contributed by atoms with Gasteiger partial charge in [0.05, 0.1) is 18.1 Å². The highest BCUT2D eigenvalue weighted by Gasteiger charge is 2.52. The first-order valence-electron chi connectivity index (χ1n) is 6.68. The van der Waals surface area contributed by atoms with Gasteiger partial charge in [-0.05, 0) is 43.1 Å². The van der Waals surface area contributed by atoms with E-state index in [1.54, 1.807) is 6.07 Å². The van der Waals surface area contributed by atoms with Gasteiger partial charge in [0.1, 0.15) is 11.8 Å². The minimum absolute atomic E-state index is 0.115. The van der Waals surface area contributed by atoms with E-state index in [9.17, 15) is 18.0 Å². The third-order valence-corrected chi connectivity index (χ3v) is 3.95. The molecule has 118 valence electrons. The van der Waals surface area contributed by atoms with Gasteiger partial charge in [0.2, 0.25) is 5.78 Å². The zero-order valence-electron chi connectivity index (χ0n) is 12.2. The van der Waals surface area contributed by atoms with E-state index in [1.807, 2.05) is 6.07 Å². The molecule has 1 aromatic rings. The molecule has 0 aromatic heterocycles. The quantitative estimate of drug-likeness (QED) is 0.908. The van der Waals surface area contributed by atoms with Crippen LogP contribution in [0.2, 0.25) is 0 Å². The van der Waals surface area contributed by atoms with Crippen LogP contribution in [0.4, 0.5) is 13.2 Å². The summed E-state index contributed by atoms with van der Waals surface area (Å²) >= 11 is 0. The zero-order valence-corrected chi connectivity index (χ0v) is 12.2. The highest BCUT2D eigenvalue weighted by atomic mass is 19.4. The smallest absolute Gasteiger partial charge is 0.450 e. The maximum Gasteiger partial charge on any atom is 0.450 e. The Morgan fingerprint density at radius 3 is 2.68 bits per heavy atom. The van der Waals surface area contributed by atoms with E-state index in [4.69, 9.17) is 10.00 Å². The first-order chi connectivity index (χ1) is 10.2. The van der Waals surface area contributed by atoms with Gasteiger partial charge in [0.15, 0.2) is 0 Å². The van der Waals surface area contributed by atoms with Gasteiger partial charge in [0, 0.05) is 6.54 Å². The van der Waals surface area contributed by atoms with Crippen molar-refractivity contribution in [3.05, 3.63) is 28.8 Å². The maximum absolute atomic E-state index is 13.0. The number of carbonyl (C=O) groups excluding carboxylic acids is 1. The summed E-state index contributed by atoms with van der Waals surface area (Å²) in [7, 11) is 1.39. The molecule has 0 amide bonds. The van der Waals surface area contributed by atoms with E-state index >= 15 is 0 Å². The van der Waals surface area contributed by atoms with Gasteiger partial charge in [-0.3, -0.25) is 4.79 Å². The zero-order chi connectivity index (χ0) is 16.5. The first-order valence-corrected chi connectivity index (χ1v) is 6.68. The van der Waals surface area contributed by atoms with Crippen molar-refractivity contribution in [2.75, 3.05) is 20.2 Å². The third-order valence-electron chi connectivity index (χ3n) is 3.95. The molecule has 1 aliphatic rings. The Hall–Kier alpha value is -2.07. The minimum atomic E-state index is -4.94. The van der Waals surface area contributed by atoms with Gasteiger partial charge >= 0.3 is 6.18 Å². The lowest BCUT2D eigenvalue weighted by Crippen LogP contribution is -2.48. The Kier molecular flexibility index (Phi) is 4.16. The number of carbonyl (C=O) groups is 1. The van der Waals surface area contributed by atoms with Crippen molar-refractivity contribution in [3.8, 4) is 11.8 Å². The predicted octanol–water partition coefficient (Wildman–Crippen LogP) is 2.10. The largest absolute Gasteiger partial charge is 0.495 e. The Morgan fingerprint density at radius 2 is 2.14 bits per heavy atom. The lowest BCUT2D eigenvalue weighted by atomic mass is 9.75. The fraction of sp³-hybridized carbons (Fsp3) is 0.467. The normalized spacial score (nSPS) is 21.5. The molecular weight excluding hydrogens is 297 g/mol. The van der Waals surface area contributed by atoms with Crippen molar-refractivity contribution < 1.29 is 22.7 Å². The molecule has 22 heavy (non-hydrogen) atoms. The van der Waals surface area contributed by atoms with Crippen LogP contribution >= 0.6 is 0 Å². The number of benzene rings is 1. The number of nitriles is 1. The van der Waals surface area contributed by atoms with Crippen LogP contribution in [0.1, 0.15) is 23.6 Å². The number of nitrogens with one attached hydrogen (secondary N) is 1. The van der Waals surface area contributed by atoms with Crippen LogP contribution in [0.15, 0.2) is 12.1 Å². The van der Waals surface area contributed by atoms with Crippen molar-refractivity contribution in [1.29, 1.82) is 5.26 Å². The molecule has 0 fully saturated rings. The van der Waals surface area contributed by atoms with Crippen LogP contribution in [-0.2, 0) is 16.6 Å². The molecule has 1 unspecified atom stereocenters. The summed E-state index contributed by atoms with van der Waals surface area (Å²) in [6, 6.07) is 4.78. The van der Waals surface area contributed by atoms with Crippen molar-refractivity contribution in [2.24, 2.45) is 0 Å². The molecule has 2 rings (SSSR count). The van der Waals surface area contributed by atoms with Crippen molar-refractivity contribution in [3.63, 3.8) is 0 Å². The molecule has 7 heteroatoms. The molecule has 0 bridgehead atoms. The lowest BCUT2D eigenvalue weighted by Gasteiger charge is -2.30. The van der Waals surface area contributed by atoms with Crippen molar-refractivity contribution in [1.82, 2.24) is 5.32 Å². The van der Waals surface area contributed by atoms with E-state index in [-0.39, 0.29) is 17.7 Å². The summed E-state index contributed by atoms with van der Waals surface area (Å²) in [5, 5.41) is 12.0. The maximum atomic E-state index is 13.0. The number of hydrogen-bond acceptors (Lipinski definition) is 4. The standard InChI is InChI=1S/C15H15F3N2O2/c1-14(13(21)15(16,17)18)8-20-4-3-9-6-12(22-2)10(7-19)5-11(9)14/h5-6,20H,3-4,8H2,1-2H3. The second-order valence-corrected chi connectivity index (χ2v) is 5.41. The number of nitrogens with zero attached hydrogens (tertiary/aromatic N) is 1. The SMILES string of the molecule is COc1cc2c(cc1C#N)C(C)(C(=O)C(F)(F)F)CNCC2. The van der Waals surface area contributed by atoms with E-state index in [2.05, 4.69) is 5.32 Å². The summed E-state index contributed by atoms with van der Waals surface area (Å²) < 4.78 is 44.0. The number of alkyl halides is 3. The molecule has 4 nitrogen and oxygen atoms in total. The number of fused-ring (bicyclic) bond motifs is 1. The number of Topliss-reactive ketones (excluding diaryl/α,β-unsaturated/α-hetero) is 1. The molecular formula is C15H15F3N2O2. The summed E-state index contributed by atoms with van der Waals surface area (Å²) in [6.45, 7) is 1.58. The van der Waals surface area contributed by atoms with E-state index in [0.717, 1.165) is 0 Å². The molecule has 0 radical (unpaired) electrons. The minimum Gasteiger partial charge on any atom is -0.495 e. The second-order valence-electron chi connectivity index (χ2n) is 5.41. The van der Waals surface area contributed by atoms with Gasteiger partial charge in [-0.2, -0.15) is 18.4 Å². The van der Waals surface area contributed by atoms with Crippen LogP contribution < -0.4 is 10.1 Å². The average molecular weight is 312 g/mol. The Bertz CT molecular complexity index is 649. The number of halogens is 3. The number of ether oxygens (including phenoxy) is 1. The van der Waals surface area contributed by atoms with E-state index in [1.165, 1.54) is 20.1 Å². The van der Waals surface area contributed by atoms with Crippen molar-refractivity contribution >= 4 is 5.78 Å². The topological polar surface area (TPSA) is 62.1 Å². The summed E-state index contributed by atoms with van der Waals surface area (Å²) in [4.78, 5) is 11.9. The highest BCUT2D eigenvalue weighted by Crippen LogP contribution is 2.38. The van der Waals surface area contributed by atoms with Crippen LogP contribution in [-0.4, -0.2) is 32.2 Å². The Labute approximate surface area is 125 Å². The summed E-state index contributed by atoms with van der Waals surface area (Å²) in [5.41, 5.74) is -0.829. The van der Waals surface area contributed by atoms with Gasteiger partial charge < -0.3 is 10.1 Å². The summed E-state index contributed by atoms with van der Waals surface area (Å²) in [6.07, 6.45) is -4.48. The molecule has 0 saturated carbocycles. The number of ketones is 1. The molecule has 0 aliphatic carbocycles. The summed E-state index contributed by atoms with van der Waals surface area (Å²) in [5.74, 6) is -1.52. The third kappa shape index (κ3) is 2.66. The Morgan fingerprint density at radius 1 is 1.45 bits per heavy atom. The predicted molar refractivity (Wildman–Crippen MR) is 72.7 cm³/mol. The average Bonchev–Trinajstić information content (AvgIpc) is 2.64. The van der Waals surface area contributed by atoms with Crippen LogP contribution in [0.5, 0.6) is 5.75 Å². The molecule has 1 atom stereocenters. The van der Waals surface area contributed by atoms with Crippen LogP contribution in [0, 0.1) is 11.3 Å². The van der Waals surface area contributed by atoms with Gasteiger partial charge in [-0.1, -0.05) is 0 Å². The number of rotatable bonds is 2. The number of hydrogen-bond donors (Lipinski definition) is 1. The molecule has 1 aromatic carbocycles. The fourth-order valence-electron chi connectivity index (χ4n) is 2.77. The highest BCUT2D eigenvalue weighted by molar-refractivity contribution is 5.95. The molecule has 0 spiro atoms. The lowest BCUT2D eigenvalue weighted by molar-refractivity contribution is -0.176. The number of methoxy groups -OCH3 is 1. The van der Waals surface area contributed by atoms with Gasteiger partial charge in [-0.15, -0.1) is 0 Å². The molecule has 1 aliphatic heterocycles. The fourth-order valence-corrected chi connectivity index (χ4v) is 2.77. The van der Waals surface area contributed by atoms with Gasteiger partial charge in [-0.25, -0.2) is 0 Å². The van der Waals surface area contributed by atoms with Crippen LogP contribution in [0.25, 0.3) is 0 Å². The van der Waals surface area contributed by atoms with E-state index in [0.29, 0.717) is 24.3 Å². The van der Waals surface area contributed by atoms with Crippen molar-refractivity contribution in [2.45, 2.75) is 24.9 Å². The van der Waals surface area contributed by atoms with Crippen LogP contribution in [0.3, 0.4) is 0 Å². The monoisotopic (exact) mass is 312 g/mol. The Balaban J connectivity index is 2.67.